The summed E-state index contributed by atoms with van der Waals surface area (Å²) in [6.45, 7) is 3.98. The molecule has 0 atom stereocenters. The van der Waals surface area contributed by atoms with Gasteiger partial charge >= 0.3 is 0 Å². The van der Waals surface area contributed by atoms with E-state index in [0.29, 0.717) is 35.6 Å². The van der Waals surface area contributed by atoms with Gasteiger partial charge in [0.25, 0.3) is 0 Å². The predicted molar refractivity (Wildman–Crippen MR) is 109 cm³/mol. The lowest BCUT2D eigenvalue weighted by atomic mass is 10.2. The summed E-state index contributed by atoms with van der Waals surface area (Å²) in [5.41, 5.74) is 2.44. The summed E-state index contributed by atoms with van der Waals surface area (Å²) in [5.74, 6) is -0.127. The summed E-state index contributed by atoms with van der Waals surface area (Å²) in [6, 6.07) is 6.51. The molecular weight excluding hydrogens is 392 g/mol. The van der Waals surface area contributed by atoms with Crippen molar-refractivity contribution in [3.05, 3.63) is 54.6 Å². The van der Waals surface area contributed by atoms with Gasteiger partial charge in [-0.25, -0.2) is 13.1 Å². The van der Waals surface area contributed by atoms with Crippen molar-refractivity contribution in [1.29, 1.82) is 0 Å². The summed E-state index contributed by atoms with van der Waals surface area (Å²) in [5, 5.41) is 7.09. The molecule has 0 saturated heterocycles. The van der Waals surface area contributed by atoms with E-state index < -0.39 is 10.0 Å². The first-order valence-electron chi connectivity index (χ1n) is 9.09. The van der Waals surface area contributed by atoms with Gasteiger partial charge in [0.05, 0.1) is 17.6 Å². The van der Waals surface area contributed by atoms with Gasteiger partial charge in [0.15, 0.2) is 0 Å². The molecule has 0 saturated carbocycles. The Morgan fingerprint density at radius 2 is 2.00 bits per heavy atom. The number of aromatic nitrogens is 4. The van der Waals surface area contributed by atoms with E-state index in [2.05, 4.69) is 25.1 Å². The average molecular weight is 414 g/mol. The van der Waals surface area contributed by atoms with E-state index in [1.807, 2.05) is 0 Å². The molecule has 0 aliphatic carbocycles. The number of benzene rings is 1. The molecule has 9 nitrogen and oxygen atoms in total. The maximum Gasteiger partial charge on any atom is 0.240 e. The largest absolute Gasteiger partial charge is 0.326 e. The number of carbonyl (C=O) groups is 1. The first-order valence-corrected chi connectivity index (χ1v) is 10.6. The zero-order valence-corrected chi connectivity index (χ0v) is 17.0. The van der Waals surface area contributed by atoms with Crippen molar-refractivity contribution < 1.29 is 13.2 Å². The second-order valence-corrected chi connectivity index (χ2v) is 8.07. The van der Waals surface area contributed by atoms with Crippen LogP contribution in [0.5, 0.6) is 0 Å². The monoisotopic (exact) mass is 414 g/mol. The van der Waals surface area contributed by atoms with Crippen LogP contribution < -0.4 is 10.0 Å². The Hall–Kier alpha value is -3.11. The van der Waals surface area contributed by atoms with Crippen LogP contribution in [0.25, 0.3) is 11.4 Å². The summed E-state index contributed by atoms with van der Waals surface area (Å²) >= 11 is 0. The molecule has 0 spiro atoms. The lowest BCUT2D eigenvalue weighted by Crippen LogP contribution is -2.28. The highest BCUT2D eigenvalue weighted by molar-refractivity contribution is 7.89. The Kier molecular flexibility index (Phi) is 6.35. The van der Waals surface area contributed by atoms with E-state index in [4.69, 9.17) is 0 Å². The minimum absolute atomic E-state index is 0.127. The second kappa shape index (κ2) is 8.93. The molecule has 0 fully saturated rings. The van der Waals surface area contributed by atoms with Gasteiger partial charge in [0.2, 0.25) is 15.9 Å². The van der Waals surface area contributed by atoms with E-state index in [9.17, 15) is 13.2 Å². The molecule has 2 aromatic heterocycles. The number of hydrogen-bond acceptors (Lipinski definition) is 6. The molecule has 29 heavy (non-hydrogen) atoms. The van der Waals surface area contributed by atoms with Crippen LogP contribution >= 0.6 is 0 Å². The number of sulfonamides is 1. The minimum Gasteiger partial charge on any atom is -0.326 e. The molecule has 1 aromatic carbocycles. The van der Waals surface area contributed by atoms with Gasteiger partial charge in [-0.1, -0.05) is 6.92 Å². The van der Waals surface area contributed by atoms with Crippen molar-refractivity contribution in [1.82, 2.24) is 24.5 Å². The predicted octanol–water partition coefficient (Wildman–Crippen LogP) is 1.98. The van der Waals surface area contributed by atoms with Gasteiger partial charge in [0.1, 0.15) is 11.4 Å². The van der Waals surface area contributed by atoms with Gasteiger partial charge in [0, 0.05) is 37.2 Å². The summed E-state index contributed by atoms with van der Waals surface area (Å²) in [6.07, 6.45) is 6.90. The van der Waals surface area contributed by atoms with Crippen molar-refractivity contribution >= 4 is 21.6 Å². The Bertz CT molecular complexity index is 1100. The van der Waals surface area contributed by atoms with Crippen LogP contribution in [-0.4, -0.2) is 40.6 Å². The van der Waals surface area contributed by atoms with Crippen molar-refractivity contribution in [2.45, 2.75) is 31.7 Å². The standard InChI is InChI=1S/C19H22N6O3S/c1-3-19(26)23-15-4-5-18(14(2)12-15)29(27,28)22-9-11-25-10-6-16(24-25)17-13-20-7-8-21-17/h4-8,10,12-13,22H,3,9,11H2,1-2H3,(H,23,26). The zero-order chi connectivity index (χ0) is 20.9. The molecule has 152 valence electrons. The van der Waals surface area contributed by atoms with Crippen LogP contribution in [0.15, 0.2) is 53.9 Å². The van der Waals surface area contributed by atoms with E-state index in [1.54, 1.807) is 61.5 Å². The Labute approximate surface area is 169 Å². The average Bonchev–Trinajstić information content (AvgIpc) is 3.17. The van der Waals surface area contributed by atoms with Crippen LogP contribution in [0, 0.1) is 6.92 Å². The lowest BCUT2D eigenvalue weighted by molar-refractivity contribution is -0.115. The molecule has 0 aliphatic heterocycles. The molecule has 3 aromatic rings. The fourth-order valence-corrected chi connectivity index (χ4v) is 3.95. The SMILES string of the molecule is CCC(=O)Nc1ccc(S(=O)(=O)NCCn2ccc(-c3cnccn3)n2)c(C)c1. The van der Waals surface area contributed by atoms with Gasteiger partial charge in [-0.2, -0.15) is 5.10 Å². The zero-order valence-electron chi connectivity index (χ0n) is 16.2. The molecular formula is C19H22N6O3S. The highest BCUT2D eigenvalue weighted by Crippen LogP contribution is 2.20. The molecule has 0 aliphatic rings. The van der Waals surface area contributed by atoms with Crippen molar-refractivity contribution in [3.8, 4) is 11.4 Å². The van der Waals surface area contributed by atoms with E-state index in [1.165, 1.54) is 6.07 Å². The Morgan fingerprint density at radius 3 is 2.69 bits per heavy atom. The van der Waals surface area contributed by atoms with Crippen molar-refractivity contribution in [3.63, 3.8) is 0 Å². The number of carbonyl (C=O) groups excluding carboxylic acids is 1. The van der Waals surface area contributed by atoms with E-state index >= 15 is 0 Å². The van der Waals surface area contributed by atoms with Crippen molar-refractivity contribution in [2.75, 3.05) is 11.9 Å². The number of nitrogens with one attached hydrogen (secondary N) is 2. The number of aryl methyl sites for hydroxylation is 1. The highest BCUT2D eigenvalue weighted by atomic mass is 32.2. The number of amides is 1. The van der Waals surface area contributed by atoms with E-state index in [-0.39, 0.29) is 17.3 Å². The number of rotatable bonds is 8. The molecule has 2 heterocycles. The highest BCUT2D eigenvalue weighted by Gasteiger charge is 2.17. The van der Waals surface area contributed by atoms with Gasteiger partial charge < -0.3 is 5.32 Å². The summed E-state index contributed by atoms with van der Waals surface area (Å²) in [4.78, 5) is 19.9. The molecule has 1 amide bonds. The lowest BCUT2D eigenvalue weighted by Gasteiger charge is -2.11. The molecule has 3 rings (SSSR count). The van der Waals surface area contributed by atoms with Crippen LogP contribution in [0.4, 0.5) is 5.69 Å². The smallest absolute Gasteiger partial charge is 0.240 e. The van der Waals surface area contributed by atoms with Crippen LogP contribution in [0.2, 0.25) is 0 Å². The Balaban J connectivity index is 1.62. The third kappa shape index (κ3) is 5.24. The van der Waals surface area contributed by atoms with E-state index in [0.717, 1.165) is 0 Å². The fraction of sp³-hybridized carbons (Fsp3) is 0.263. The maximum absolute atomic E-state index is 12.6. The second-order valence-electron chi connectivity index (χ2n) is 6.33. The third-order valence-corrected chi connectivity index (χ3v) is 5.79. The molecule has 2 N–H and O–H groups in total. The molecule has 0 radical (unpaired) electrons. The molecule has 0 bridgehead atoms. The van der Waals surface area contributed by atoms with Crippen LogP contribution in [-0.2, 0) is 21.4 Å². The van der Waals surface area contributed by atoms with Crippen molar-refractivity contribution in [2.24, 2.45) is 0 Å². The first kappa shape index (κ1) is 20.6. The topological polar surface area (TPSA) is 119 Å². The fourth-order valence-electron chi connectivity index (χ4n) is 2.70. The number of hydrogen-bond donors (Lipinski definition) is 2. The summed E-state index contributed by atoms with van der Waals surface area (Å²) < 4.78 is 29.4. The molecule has 0 unspecified atom stereocenters. The third-order valence-electron chi connectivity index (χ3n) is 4.17. The summed E-state index contributed by atoms with van der Waals surface area (Å²) in [7, 11) is -3.68. The van der Waals surface area contributed by atoms with Gasteiger partial charge in [-0.05, 0) is 36.8 Å². The van der Waals surface area contributed by atoms with Crippen LogP contribution in [0.3, 0.4) is 0 Å². The quantitative estimate of drug-likeness (QED) is 0.582. The maximum atomic E-state index is 12.6. The first-order chi connectivity index (χ1) is 13.9. The van der Waals surface area contributed by atoms with Gasteiger partial charge in [-0.3, -0.25) is 19.4 Å². The Morgan fingerprint density at radius 1 is 1.17 bits per heavy atom. The normalized spacial score (nSPS) is 11.4. The minimum atomic E-state index is -3.68. The van der Waals surface area contributed by atoms with Crippen LogP contribution in [0.1, 0.15) is 18.9 Å². The van der Waals surface area contributed by atoms with Gasteiger partial charge in [-0.15, -0.1) is 0 Å². The molecule has 10 heteroatoms. The number of anilines is 1. The number of nitrogens with zero attached hydrogens (tertiary/aromatic N) is 4.